The van der Waals surface area contributed by atoms with E-state index in [9.17, 15) is 8.42 Å². The highest BCUT2D eigenvalue weighted by Gasteiger charge is 2.37. The summed E-state index contributed by atoms with van der Waals surface area (Å²) in [5.74, 6) is 0.797. The van der Waals surface area contributed by atoms with Crippen LogP contribution in [0.4, 0.5) is 0 Å². The van der Waals surface area contributed by atoms with Crippen LogP contribution >= 0.6 is 0 Å². The van der Waals surface area contributed by atoms with Gasteiger partial charge in [-0.15, -0.1) is 0 Å². The van der Waals surface area contributed by atoms with Crippen molar-refractivity contribution in [1.82, 2.24) is 0 Å². The van der Waals surface area contributed by atoms with E-state index in [0.717, 1.165) is 19.3 Å². The largest absolute Gasteiger partial charge is 0.327 e. The lowest BCUT2D eigenvalue weighted by Crippen LogP contribution is -2.46. The van der Waals surface area contributed by atoms with Crippen molar-refractivity contribution in [2.75, 3.05) is 5.75 Å². The van der Waals surface area contributed by atoms with Gasteiger partial charge >= 0.3 is 0 Å². The molecule has 4 unspecified atom stereocenters. The van der Waals surface area contributed by atoms with E-state index in [1.807, 2.05) is 32.0 Å². The molecular weight excluding hydrogens is 282 g/mol. The fourth-order valence-electron chi connectivity index (χ4n) is 3.23. The Morgan fingerprint density at radius 3 is 2.52 bits per heavy atom. The lowest BCUT2D eigenvalue weighted by atomic mass is 9.82. The molecule has 1 fully saturated rings. The maximum absolute atomic E-state index is 12.7. The van der Waals surface area contributed by atoms with Crippen LogP contribution in [-0.2, 0) is 9.84 Å². The van der Waals surface area contributed by atoms with Gasteiger partial charge in [-0.25, -0.2) is 8.42 Å². The zero-order valence-corrected chi connectivity index (χ0v) is 13.9. The Bertz CT molecular complexity index is 541. The second kappa shape index (κ2) is 6.93. The minimum Gasteiger partial charge on any atom is -0.327 e. The number of hydrogen-bond acceptors (Lipinski definition) is 3. The first kappa shape index (κ1) is 16.5. The van der Waals surface area contributed by atoms with Crippen LogP contribution in [-0.4, -0.2) is 25.5 Å². The van der Waals surface area contributed by atoms with Crippen LogP contribution in [0.25, 0.3) is 0 Å². The van der Waals surface area contributed by atoms with Crippen molar-refractivity contribution in [3.8, 4) is 0 Å². The van der Waals surface area contributed by atoms with E-state index in [-0.39, 0.29) is 23.0 Å². The van der Waals surface area contributed by atoms with Gasteiger partial charge in [0.25, 0.3) is 0 Å². The van der Waals surface area contributed by atoms with Crippen molar-refractivity contribution in [3.05, 3.63) is 35.9 Å². The first-order chi connectivity index (χ1) is 9.94. The van der Waals surface area contributed by atoms with E-state index >= 15 is 0 Å². The highest BCUT2D eigenvalue weighted by atomic mass is 32.2. The minimum atomic E-state index is -3.11. The number of nitrogens with two attached hydrogens (primary N) is 1. The molecule has 4 atom stereocenters. The standard InChI is InChI=1S/C17H27NO2S/c1-3-13(2)12-21(19,20)17-11-15(9-10-16(17)18)14-7-5-4-6-8-14/h4-8,13,15-17H,3,9-12,18H2,1-2H3. The molecule has 4 heteroatoms. The summed E-state index contributed by atoms with van der Waals surface area (Å²) in [5.41, 5.74) is 7.39. The first-order valence-electron chi connectivity index (χ1n) is 7.96. The molecule has 1 aromatic rings. The lowest BCUT2D eigenvalue weighted by molar-refractivity contribution is 0.389. The number of rotatable bonds is 5. The molecule has 1 saturated carbocycles. The van der Waals surface area contributed by atoms with Gasteiger partial charge in [0.15, 0.2) is 9.84 Å². The van der Waals surface area contributed by atoms with E-state index in [4.69, 9.17) is 5.73 Å². The molecule has 21 heavy (non-hydrogen) atoms. The third-order valence-electron chi connectivity index (χ3n) is 4.79. The third-order valence-corrected chi connectivity index (χ3v) is 7.29. The molecule has 1 aliphatic rings. The van der Waals surface area contributed by atoms with Crippen LogP contribution in [0.5, 0.6) is 0 Å². The van der Waals surface area contributed by atoms with Crippen LogP contribution < -0.4 is 5.73 Å². The second-order valence-corrected chi connectivity index (χ2v) is 8.73. The van der Waals surface area contributed by atoms with Crippen molar-refractivity contribution in [2.24, 2.45) is 11.7 Å². The van der Waals surface area contributed by atoms with Crippen LogP contribution in [0.15, 0.2) is 30.3 Å². The van der Waals surface area contributed by atoms with Gasteiger partial charge in [0.1, 0.15) is 0 Å². The van der Waals surface area contributed by atoms with Crippen molar-refractivity contribution >= 4 is 9.84 Å². The zero-order chi connectivity index (χ0) is 15.5. The normalized spacial score (nSPS) is 28.2. The summed E-state index contributed by atoms with van der Waals surface area (Å²) >= 11 is 0. The van der Waals surface area contributed by atoms with Gasteiger partial charge < -0.3 is 5.73 Å². The molecule has 2 rings (SSSR count). The average Bonchev–Trinajstić information content (AvgIpc) is 2.48. The van der Waals surface area contributed by atoms with Gasteiger partial charge in [0.2, 0.25) is 0 Å². The molecule has 0 amide bonds. The molecule has 0 aromatic heterocycles. The highest BCUT2D eigenvalue weighted by Crippen LogP contribution is 2.35. The number of hydrogen-bond donors (Lipinski definition) is 1. The summed E-state index contributed by atoms with van der Waals surface area (Å²) in [6.07, 6.45) is 3.34. The number of benzene rings is 1. The quantitative estimate of drug-likeness (QED) is 0.909. The Hall–Kier alpha value is -0.870. The van der Waals surface area contributed by atoms with Crippen molar-refractivity contribution in [3.63, 3.8) is 0 Å². The maximum atomic E-state index is 12.7. The Kier molecular flexibility index (Phi) is 5.44. The van der Waals surface area contributed by atoms with Crippen molar-refractivity contribution in [2.45, 2.75) is 56.7 Å². The van der Waals surface area contributed by atoms with Crippen LogP contribution in [0.3, 0.4) is 0 Å². The highest BCUT2D eigenvalue weighted by molar-refractivity contribution is 7.92. The van der Waals surface area contributed by atoms with E-state index in [1.54, 1.807) is 0 Å². The van der Waals surface area contributed by atoms with Crippen molar-refractivity contribution < 1.29 is 8.42 Å². The molecule has 2 N–H and O–H groups in total. The Morgan fingerprint density at radius 2 is 1.90 bits per heavy atom. The Balaban J connectivity index is 2.15. The van der Waals surface area contributed by atoms with Gasteiger partial charge in [-0.1, -0.05) is 50.6 Å². The Labute approximate surface area is 128 Å². The summed E-state index contributed by atoms with van der Waals surface area (Å²) in [6.45, 7) is 4.04. The summed E-state index contributed by atoms with van der Waals surface area (Å²) < 4.78 is 25.3. The molecule has 0 heterocycles. The second-order valence-electron chi connectivity index (χ2n) is 6.47. The molecule has 0 bridgehead atoms. The molecule has 1 aromatic carbocycles. The molecule has 3 nitrogen and oxygen atoms in total. The molecular formula is C17H27NO2S. The van der Waals surface area contributed by atoms with Gasteiger partial charge in [0, 0.05) is 6.04 Å². The van der Waals surface area contributed by atoms with Gasteiger partial charge in [-0.3, -0.25) is 0 Å². The Morgan fingerprint density at radius 1 is 1.24 bits per heavy atom. The van der Waals surface area contributed by atoms with Crippen molar-refractivity contribution in [1.29, 1.82) is 0 Å². The summed E-state index contributed by atoms with van der Waals surface area (Å²) in [4.78, 5) is 0. The summed E-state index contributed by atoms with van der Waals surface area (Å²) in [7, 11) is -3.11. The molecule has 0 saturated heterocycles. The summed E-state index contributed by atoms with van der Waals surface area (Å²) in [5, 5.41) is -0.384. The fourth-order valence-corrected chi connectivity index (χ4v) is 5.70. The molecule has 118 valence electrons. The zero-order valence-electron chi connectivity index (χ0n) is 13.0. The van der Waals surface area contributed by atoms with E-state index in [0.29, 0.717) is 12.3 Å². The molecule has 0 aliphatic heterocycles. The molecule has 0 spiro atoms. The third kappa shape index (κ3) is 4.07. The van der Waals surface area contributed by atoms with Crippen LogP contribution in [0, 0.1) is 5.92 Å². The smallest absolute Gasteiger partial charge is 0.154 e. The first-order valence-corrected chi connectivity index (χ1v) is 9.67. The van der Waals surface area contributed by atoms with Crippen LogP contribution in [0.1, 0.15) is 51.0 Å². The van der Waals surface area contributed by atoms with Gasteiger partial charge in [0.05, 0.1) is 11.0 Å². The predicted octanol–water partition coefficient (Wildman–Crippen LogP) is 3.11. The molecule has 1 aliphatic carbocycles. The monoisotopic (exact) mass is 309 g/mol. The predicted molar refractivity (Wildman–Crippen MR) is 88.0 cm³/mol. The van der Waals surface area contributed by atoms with E-state index in [1.165, 1.54) is 5.56 Å². The molecule has 0 radical (unpaired) electrons. The van der Waals surface area contributed by atoms with E-state index < -0.39 is 9.84 Å². The maximum Gasteiger partial charge on any atom is 0.154 e. The lowest BCUT2D eigenvalue weighted by Gasteiger charge is -2.34. The number of sulfone groups is 1. The van der Waals surface area contributed by atoms with E-state index in [2.05, 4.69) is 12.1 Å². The van der Waals surface area contributed by atoms with Crippen LogP contribution in [0.2, 0.25) is 0 Å². The minimum absolute atomic E-state index is 0.208. The average molecular weight is 309 g/mol. The van der Waals surface area contributed by atoms with Gasteiger partial charge in [-0.05, 0) is 36.7 Å². The summed E-state index contributed by atoms with van der Waals surface area (Å²) in [6, 6.07) is 10.0. The van der Waals surface area contributed by atoms with Gasteiger partial charge in [-0.2, -0.15) is 0 Å². The fraction of sp³-hybridized carbons (Fsp3) is 0.647. The topological polar surface area (TPSA) is 60.2 Å². The SMILES string of the molecule is CCC(C)CS(=O)(=O)C1CC(c2ccccc2)CCC1N.